The van der Waals surface area contributed by atoms with Gasteiger partial charge in [0.25, 0.3) is 0 Å². The van der Waals surface area contributed by atoms with Crippen molar-refractivity contribution in [2.75, 3.05) is 18.1 Å². The number of rotatable bonds is 3. The molecular weight excluding hydrogens is 250 g/mol. The van der Waals surface area contributed by atoms with E-state index in [4.69, 9.17) is 4.52 Å². The SMILES string of the molecule is c1cc(-c2noc(CC3CSCCN3)n2)ncn1. The van der Waals surface area contributed by atoms with Crippen LogP contribution in [0.3, 0.4) is 0 Å². The Hall–Kier alpha value is -1.47. The lowest BCUT2D eigenvalue weighted by Gasteiger charge is -2.21. The molecule has 1 atom stereocenters. The predicted octanol–water partition coefficient (Wildman–Crippen LogP) is 0.774. The van der Waals surface area contributed by atoms with Gasteiger partial charge in [0, 0.05) is 36.7 Å². The molecule has 18 heavy (non-hydrogen) atoms. The van der Waals surface area contributed by atoms with Crippen LogP contribution < -0.4 is 5.32 Å². The number of hydrogen-bond donors (Lipinski definition) is 1. The van der Waals surface area contributed by atoms with Gasteiger partial charge in [0.15, 0.2) is 0 Å². The molecule has 2 aromatic rings. The van der Waals surface area contributed by atoms with Crippen LogP contribution >= 0.6 is 11.8 Å². The fraction of sp³-hybridized carbons (Fsp3) is 0.455. The minimum absolute atomic E-state index is 0.419. The molecular formula is C11H13N5OS. The second-order valence-corrected chi connectivity index (χ2v) is 5.19. The molecule has 7 heteroatoms. The van der Waals surface area contributed by atoms with Crippen molar-refractivity contribution in [2.45, 2.75) is 12.5 Å². The van der Waals surface area contributed by atoms with E-state index in [9.17, 15) is 0 Å². The van der Waals surface area contributed by atoms with Gasteiger partial charge in [-0.1, -0.05) is 5.16 Å². The van der Waals surface area contributed by atoms with Crippen LogP contribution in [0.1, 0.15) is 5.89 Å². The number of hydrogen-bond acceptors (Lipinski definition) is 7. The van der Waals surface area contributed by atoms with Crippen LogP contribution in [0.2, 0.25) is 0 Å². The number of nitrogens with one attached hydrogen (secondary N) is 1. The molecule has 0 aliphatic carbocycles. The summed E-state index contributed by atoms with van der Waals surface area (Å²) in [4.78, 5) is 12.3. The largest absolute Gasteiger partial charge is 0.339 e. The summed E-state index contributed by atoms with van der Waals surface area (Å²) < 4.78 is 5.25. The minimum atomic E-state index is 0.419. The zero-order valence-electron chi connectivity index (χ0n) is 9.74. The Kier molecular flexibility index (Phi) is 3.51. The van der Waals surface area contributed by atoms with Crippen molar-refractivity contribution in [3.8, 4) is 11.5 Å². The van der Waals surface area contributed by atoms with Gasteiger partial charge in [-0.2, -0.15) is 16.7 Å². The summed E-state index contributed by atoms with van der Waals surface area (Å²) in [6.45, 7) is 1.04. The third-order valence-corrected chi connectivity index (χ3v) is 3.83. The van der Waals surface area contributed by atoms with E-state index in [2.05, 4.69) is 25.4 Å². The molecule has 1 N–H and O–H groups in total. The summed E-state index contributed by atoms with van der Waals surface area (Å²) in [5, 5.41) is 7.38. The van der Waals surface area contributed by atoms with Crippen LogP contribution in [0.5, 0.6) is 0 Å². The maximum atomic E-state index is 5.25. The van der Waals surface area contributed by atoms with Crippen molar-refractivity contribution in [1.82, 2.24) is 25.4 Å². The van der Waals surface area contributed by atoms with Gasteiger partial charge in [0.2, 0.25) is 11.7 Å². The van der Waals surface area contributed by atoms with Crippen molar-refractivity contribution < 1.29 is 4.52 Å². The lowest BCUT2D eigenvalue weighted by Crippen LogP contribution is -2.38. The highest BCUT2D eigenvalue weighted by Gasteiger charge is 2.17. The lowest BCUT2D eigenvalue weighted by molar-refractivity contribution is 0.363. The molecule has 1 aliphatic rings. The highest BCUT2D eigenvalue weighted by atomic mass is 32.2. The summed E-state index contributed by atoms with van der Waals surface area (Å²) in [6.07, 6.45) is 3.91. The van der Waals surface area contributed by atoms with E-state index in [1.165, 1.54) is 12.1 Å². The van der Waals surface area contributed by atoms with Crippen molar-refractivity contribution in [1.29, 1.82) is 0 Å². The second kappa shape index (κ2) is 5.45. The van der Waals surface area contributed by atoms with Gasteiger partial charge in [0.1, 0.15) is 12.0 Å². The summed E-state index contributed by atoms with van der Waals surface area (Å²) in [5.41, 5.74) is 0.686. The molecule has 94 valence electrons. The predicted molar refractivity (Wildman–Crippen MR) is 68.1 cm³/mol. The van der Waals surface area contributed by atoms with Gasteiger partial charge >= 0.3 is 0 Å². The molecule has 0 amide bonds. The average molecular weight is 263 g/mol. The smallest absolute Gasteiger partial charge is 0.228 e. The molecule has 2 aromatic heterocycles. The molecule has 1 fully saturated rings. The first kappa shape index (κ1) is 11.6. The monoisotopic (exact) mass is 263 g/mol. The van der Waals surface area contributed by atoms with Gasteiger partial charge in [-0.05, 0) is 6.07 Å². The third-order valence-electron chi connectivity index (χ3n) is 2.70. The first-order valence-electron chi connectivity index (χ1n) is 5.82. The summed E-state index contributed by atoms with van der Waals surface area (Å²) in [7, 11) is 0. The number of thioether (sulfide) groups is 1. The van der Waals surface area contributed by atoms with E-state index in [-0.39, 0.29) is 0 Å². The Labute approximate surface area is 109 Å². The van der Waals surface area contributed by atoms with Gasteiger partial charge in [0.05, 0.1) is 0 Å². The van der Waals surface area contributed by atoms with E-state index in [1.54, 1.807) is 12.3 Å². The topological polar surface area (TPSA) is 76.7 Å². The van der Waals surface area contributed by atoms with Crippen LogP contribution in [-0.4, -0.2) is 44.2 Å². The molecule has 0 spiro atoms. The van der Waals surface area contributed by atoms with E-state index < -0.39 is 0 Å². The van der Waals surface area contributed by atoms with Gasteiger partial charge in [-0.3, -0.25) is 0 Å². The van der Waals surface area contributed by atoms with Gasteiger partial charge < -0.3 is 9.84 Å². The summed E-state index contributed by atoms with van der Waals surface area (Å²) >= 11 is 1.95. The molecule has 0 radical (unpaired) electrons. The van der Waals surface area contributed by atoms with E-state index >= 15 is 0 Å². The summed E-state index contributed by atoms with van der Waals surface area (Å²) in [6, 6.07) is 2.19. The number of aromatic nitrogens is 4. The molecule has 1 unspecified atom stereocenters. The van der Waals surface area contributed by atoms with Crippen molar-refractivity contribution >= 4 is 11.8 Å². The van der Waals surface area contributed by atoms with Crippen LogP contribution in [0.25, 0.3) is 11.5 Å². The Morgan fingerprint density at radius 2 is 2.50 bits per heavy atom. The van der Waals surface area contributed by atoms with E-state index in [0.29, 0.717) is 23.5 Å². The molecule has 0 bridgehead atoms. The molecule has 3 heterocycles. The fourth-order valence-corrected chi connectivity index (χ4v) is 2.78. The van der Waals surface area contributed by atoms with Gasteiger partial charge in [-0.15, -0.1) is 0 Å². The summed E-state index contributed by atoms with van der Waals surface area (Å²) in [5.74, 6) is 3.44. The molecule has 0 saturated carbocycles. The van der Waals surface area contributed by atoms with Crippen LogP contribution in [0.15, 0.2) is 23.1 Å². The van der Waals surface area contributed by atoms with Crippen molar-refractivity contribution in [3.05, 3.63) is 24.5 Å². The Morgan fingerprint density at radius 3 is 3.28 bits per heavy atom. The zero-order chi connectivity index (χ0) is 12.2. The fourth-order valence-electron chi connectivity index (χ4n) is 1.83. The Morgan fingerprint density at radius 1 is 1.50 bits per heavy atom. The van der Waals surface area contributed by atoms with Crippen LogP contribution in [0.4, 0.5) is 0 Å². The van der Waals surface area contributed by atoms with Crippen molar-refractivity contribution in [2.24, 2.45) is 0 Å². The second-order valence-electron chi connectivity index (χ2n) is 4.04. The number of nitrogens with zero attached hydrogens (tertiary/aromatic N) is 4. The Bertz CT molecular complexity index is 497. The highest BCUT2D eigenvalue weighted by molar-refractivity contribution is 7.99. The first-order valence-corrected chi connectivity index (χ1v) is 6.97. The first-order chi connectivity index (χ1) is 8.92. The van der Waals surface area contributed by atoms with Crippen LogP contribution in [0, 0.1) is 0 Å². The zero-order valence-corrected chi connectivity index (χ0v) is 10.6. The molecule has 0 aromatic carbocycles. The normalized spacial score (nSPS) is 19.9. The maximum absolute atomic E-state index is 5.25. The van der Waals surface area contributed by atoms with Gasteiger partial charge in [-0.25, -0.2) is 9.97 Å². The third kappa shape index (κ3) is 2.68. The quantitative estimate of drug-likeness (QED) is 0.876. The molecule has 1 aliphatic heterocycles. The molecule has 1 saturated heterocycles. The maximum Gasteiger partial charge on any atom is 0.228 e. The molecule has 3 rings (SSSR count). The molecule has 6 nitrogen and oxygen atoms in total. The Balaban J connectivity index is 1.69. The average Bonchev–Trinajstić information content (AvgIpc) is 2.89. The minimum Gasteiger partial charge on any atom is -0.339 e. The van der Waals surface area contributed by atoms with E-state index in [1.807, 2.05) is 11.8 Å². The van der Waals surface area contributed by atoms with E-state index in [0.717, 1.165) is 18.7 Å². The highest BCUT2D eigenvalue weighted by Crippen LogP contribution is 2.15. The van der Waals surface area contributed by atoms with Crippen molar-refractivity contribution in [3.63, 3.8) is 0 Å². The lowest BCUT2D eigenvalue weighted by atomic mass is 10.2. The standard InChI is InChI=1S/C11H13N5OS/c1-2-12-7-14-9(1)11-15-10(17-16-11)5-8-6-18-4-3-13-8/h1-2,7-8,13H,3-6H2. The van der Waals surface area contributed by atoms with Crippen LogP contribution in [-0.2, 0) is 6.42 Å².